The van der Waals surface area contributed by atoms with E-state index in [1.54, 1.807) is 6.92 Å². The Morgan fingerprint density at radius 1 is 1.12 bits per heavy atom. The van der Waals surface area contributed by atoms with Gasteiger partial charge in [-0.05, 0) is 63.4 Å². The molecule has 1 heterocycles. The minimum absolute atomic E-state index is 0.00922. The average Bonchev–Trinajstić information content (AvgIpc) is 2.90. The van der Waals surface area contributed by atoms with Crippen molar-refractivity contribution in [3.63, 3.8) is 0 Å². The summed E-state index contributed by atoms with van der Waals surface area (Å²) >= 11 is 0. The maximum absolute atomic E-state index is 14.9. The van der Waals surface area contributed by atoms with Crippen molar-refractivity contribution in [2.24, 2.45) is 16.7 Å². The van der Waals surface area contributed by atoms with Crippen LogP contribution in [-0.4, -0.2) is 66.2 Å². The lowest BCUT2D eigenvalue weighted by molar-refractivity contribution is -0.254. The maximum Gasteiger partial charge on any atom is 0.311 e. The minimum Gasteiger partial charge on any atom is -0.496 e. The first kappa shape index (κ1) is 30.0. The molecular formula is C29H41FN2O8. The van der Waals surface area contributed by atoms with Gasteiger partial charge in [0.25, 0.3) is 5.91 Å². The minimum atomic E-state index is -1.27. The Hall–Kier alpha value is -2.92. The van der Waals surface area contributed by atoms with Crippen LogP contribution >= 0.6 is 0 Å². The number of rotatable bonds is 11. The van der Waals surface area contributed by atoms with Crippen LogP contribution in [0.1, 0.15) is 82.5 Å². The molecule has 3 aliphatic rings. The normalized spacial score (nSPS) is 30.8. The SMILES string of the molecule is CC[C@@H]1O[C@](C)(NC(=O)c2cc(O[C@H]3CC[C@@](CO)(C(=O)O)CC3)c(F)cc2OC)[C@@H]1C(=O)NCC1(C)CCC1. The van der Waals surface area contributed by atoms with Crippen LogP contribution in [-0.2, 0) is 14.3 Å². The molecule has 0 unspecified atom stereocenters. The molecule has 10 nitrogen and oxygen atoms in total. The van der Waals surface area contributed by atoms with Gasteiger partial charge in [-0.25, -0.2) is 4.39 Å². The molecule has 4 rings (SSSR count). The summed E-state index contributed by atoms with van der Waals surface area (Å²) in [6.45, 7) is 5.81. The Labute approximate surface area is 233 Å². The highest BCUT2D eigenvalue weighted by atomic mass is 19.1. The highest BCUT2D eigenvalue weighted by Gasteiger charge is 2.56. The van der Waals surface area contributed by atoms with E-state index < -0.39 is 47.5 Å². The van der Waals surface area contributed by atoms with Crippen molar-refractivity contribution in [1.82, 2.24) is 10.6 Å². The standard InChI is InChI=1S/C29H41FN2O8/c1-5-20-23(25(35)31-15-27(2)9-6-10-27)28(3,40-20)32-24(34)18-13-22(19(30)14-21(18)38-4)39-17-7-11-29(16-33,12-8-17)26(36)37/h13-14,17,20,23,33H,5-12,15-16H2,1-4H3,(H,31,35)(H,32,34)(H,36,37)/t17-,20-,23-,28-,29+/m0/s1. The second-order valence-corrected chi connectivity index (χ2v) is 12.0. The Morgan fingerprint density at radius 2 is 1.80 bits per heavy atom. The smallest absolute Gasteiger partial charge is 0.311 e. The summed E-state index contributed by atoms with van der Waals surface area (Å²) in [5.41, 5.74) is -2.38. The molecule has 2 aliphatic carbocycles. The van der Waals surface area contributed by atoms with E-state index in [0.717, 1.165) is 25.3 Å². The fourth-order valence-electron chi connectivity index (χ4n) is 6.10. The fraction of sp³-hybridized carbons (Fsp3) is 0.690. The summed E-state index contributed by atoms with van der Waals surface area (Å²) in [7, 11) is 1.32. The van der Waals surface area contributed by atoms with Crippen LogP contribution in [0, 0.1) is 22.6 Å². The van der Waals surface area contributed by atoms with Crippen LogP contribution in [0.15, 0.2) is 12.1 Å². The number of amides is 2. The predicted molar refractivity (Wildman–Crippen MR) is 142 cm³/mol. The number of halogens is 1. The predicted octanol–water partition coefficient (Wildman–Crippen LogP) is 3.40. The molecule has 2 amide bonds. The molecule has 1 saturated heterocycles. The van der Waals surface area contributed by atoms with Crippen LogP contribution in [0.25, 0.3) is 0 Å². The molecule has 3 atom stereocenters. The van der Waals surface area contributed by atoms with Crippen LogP contribution in [0.4, 0.5) is 4.39 Å². The van der Waals surface area contributed by atoms with Crippen LogP contribution < -0.4 is 20.1 Å². The second kappa shape index (κ2) is 11.5. The molecule has 40 heavy (non-hydrogen) atoms. The number of hydrogen-bond donors (Lipinski definition) is 4. The summed E-state index contributed by atoms with van der Waals surface area (Å²) in [5.74, 6) is -3.37. The molecular weight excluding hydrogens is 523 g/mol. The second-order valence-electron chi connectivity index (χ2n) is 12.0. The van der Waals surface area contributed by atoms with Gasteiger partial charge in [0, 0.05) is 12.6 Å². The van der Waals surface area contributed by atoms with Crippen molar-refractivity contribution < 1.29 is 43.2 Å². The van der Waals surface area contributed by atoms with Gasteiger partial charge in [-0.3, -0.25) is 14.4 Å². The lowest BCUT2D eigenvalue weighted by Gasteiger charge is -2.52. The zero-order chi connectivity index (χ0) is 29.3. The number of aliphatic carboxylic acids is 1. The van der Waals surface area contributed by atoms with Gasteiger partial charge < -0.3 is 35.1 Å². The number of carboxylic acids is 1. The number of nitrogens with one attached hydrogen (secondary N) is 2. The van der Waals surface area contributed by atoms with Gasteiger partial charge in [0.15, 0.2) is 17.3 Å². The summed E-state index contributed by atoms with van der Waals surface area (Å²) in [6, 6.07) is 2.31. The summed E-state index contributed by atoms with van der Waals surface area (Å²) in [5, 5.41) is 24.9. The highest BCUT2D eigenvalue weighted by molar-refractivity contribution is 5.98. The molecule has 222 valence electrons. The van der Waals surface area contributed by atoms with Gasteiger partial charge >= 0.3 is 5.97 Å². The van der Waals surface area contributed by atoms with Crippen molar-refractivity contribution in [2.75, 3.05) is 20.3 Å². The van der Waals surface area contributed by atoms with Crippen LogP contribution in [0.2, 0.25) is 0 Å². The van der Waals surface area contributed by atoms with E-state index in [9.17, 15) is 29.0 Å². The third-order valence-electron chi connectivity index (χ3n) is 9.10. The summed E-state index contributed by atoms with van der Waals surface area (Å²) < 4.78 is 32.0. The van der Waals surface area contributed by atoms with E-state index in [4.69, 9.17) is 14.2 Å². The largest absolute Gasteiger partial charge is 0.496 e. The molecule has 1 aliphatic heterocycles. The van der Waals surface area contributed by atoms with Crippen molar-refractivity contribution in [3.8, 4) is 11.5 Å². The van der Waals surface area contributed by atoms with E-state index in [0.29, 0.717) is 25.8 Å². The zero-order valence-electron chi connectivity index (χ0n) is 23.7. The molecule has 1 aromatic rings. The number of hydrogen-bond acceptors (Lipinski definition) is 7. The Kier molecular flexibility index (Phi) is 8.65. The first-order chi connectivity index (χ1) is 18.9. The fourth-order valence-corrected chi connectivity index (χ4v) is 6.10. The molecule has 0 radical (unpaired) electrons. The van der Waals surface area contributed by atoms with Gasteiger partial charge in [0.2, 0.25) is 5.91 Å². The highest BCUT2D eigenvalue weighted by Crippen LogP contribution is 2.42. The van der Waals surface area contributed by atoms with E-state index in [1.165, 1.54) is 13.2 Å². The van der Waals surface area contributed by atoms with Crippen molar-refractivity contribution >= 4 is 17.8 Å². The molecule has 3 fully saturated rings. The number of ether oxygens (including phenoxy) is 3. The molecule has 1 aromatic carbocycles. The topological polar surface area (TPSA) is 143 Å². The number of benzene rings is 1. The van der Waals surface area contributed by atoms with E-state index in [-0.39, 0.29) is 47.3 Å². The molecule has 0 bridgehead atoms. The zero-order valence-corrected chi connectivity index (χ0v) is 23.7. The third-order valence-corrected chi connectivity index (χ3v) is 9.10. The van der Waals surface area contributed by atoms with Crippen molar-refractivity contribution in [1.29, 1.82) is 0 Å². The van der Waals surface area contributed by atoms with E-state index in [1.807, 2.05) is 6.92 Å². The average molecular weight is 565 g/mol. The summed E-state index contributed by atoms with van der Waals surface area (Å²) in [6.07, 6.45) is 4.03. The lowest BCUT2D eigenvalue weighted by Crippen LogP contribution is -2.71. The number of carboxylic acid groups (broad SMARTS) is 1. The molecule has 0 spiro atoms. The number of aliphatic hydroxyl groups excluding tert-OH is 1. The first-order valence-electron chi connectivity index (χ1n) is 14.1. The van der Waals surface area contributed by atoms with Crippen molar-refractivity contribution in [2.45, 2.75) is 90.1 Å². The monoisotopic (exact) mass is 564 g/mol. The van der Waals surface area contributed by atoms with Gasteiger partial charge in [0.05, 0.1) is 36.9 Å². The Morgan fingerprint density at radius 3 is 2.33 bits per heavy atom. The van der Waals surface area contributed by atoms with Crippen LogP contribution in [0.3, 0.4) is 0 Å². The van der Waals surface area contributed by atoms with E-state index in [2.05, 4.69) is 17.6 Å². The number of methoxy groups -OCH3 is 1. The summed E-state index contributed by atoms with van der Waals surface area (Å²) in [4.78, 5) is 38.2. The Balaban J connectivity index is 1.46. The van der Waals surface area contributed by atoms with Gasteiger partial charge in [0.1, 0.15) is 11.7 Å². The van der Waals surface area contributed by atoms with Crippen molar-refractivity contribution in [3.05, 3.63) is 23.5 Å². The van der Waals surface area contributed by atoms with Gasteiger partial charge in [-0.1, -0.05) is 20.3 Å². The molecule has 4 N–H and O–H groups in total. The number of carbonyl (C=O) groups is 3. The quantitative estimate of drug-likeness (QED) is 0.320. The molecule has 0 aromatic heterocycles. The first-order valence-corrected chi connectivity index (χ1v) is 14.1. The maximum atomic E-state index is 14.9. The van der Waals surface area contributed by atoms with E-state index >= 15 is 0 Å². The van der Waals surface area contributed by atoms with Crippen LogP contribution in [0.5, 0.6) is 11.5 Å². The Bertz CT molecular complexity index is 1130. The molecule has 2 saturated carbocycles. The van der Waals surface area contributed by atoms with Gasteiger partial charge in [-0.2, -0.15) is 0 Å². The van der Waals surface area contributed by atoms with Gasteiger partial charge in [-0.15, -0.1) is 0 Å². The lowest BCUT2D eigenvalue weighted by atomic mass is 9.70. The number of carbonyl (C=O) groups excluding carboxylic acids is 2. The number of aliphatic hydroxyl groups is 1. The molecule has 11 heteroatoms. The third kappa shape index (κ3) is 5.76.